The lowest BCUT2D eigenvalue weighted by molar-refractivity contribution is -0.322. The molecule has 0 aromatic heterocycles. The first kappa shape index (κ1) is 19.5. The molecule has 1 unspecified atom stereocenters. The van der Waals surface area contributed by atoms with Crippen LogP contribution in [0.3, 0.4) is 0 Å². The number of aliphatic hydroxyl groups is 6. The molecule has 1 heterocycles. The summed E-state index contributed by atoms with van der Waals surface area (Å²) in [5, 5.41) is 61.0. The molecule has 2 rings (SSSR count). The molecule has 0 bridgehead atoms. The highest BCUT2D eigenvalue weighted by Crippen LogP contribution is 2.31. The van der Waals surface area contributed by atoms with E-state index < -0.39 is 44.9 Å². The van der Waals surface area contributed by atoms with E-state index in [2.05, 4.69) is 19.6 Å². The van der Waals surface area contributed by atoms with Crippen molar-refractivity contribution < 1.29 is 30.6 Å². The van der Waals surface area contributed by atoms with Crippen LogP contribution in [0.4, 0.5) is 0 Å². The quantitative estimate of drug-likeness (QED) is 0.349. The van der Waals surface area contributed by atoms with Crippen molar-refractivity contribution in [3.8, 4) is 0 Å². The van der Waals surface area contributed by atoms with E-state index in [4.69, 9.17) is 0 Å². The van der Waals surface area contributed by atoms with Gasteiger partial charge in [-0.25, -0.2) is 4.90 Å². The Morgan fingerprint density at radius 2 is 1.54 bits per heavy atom. The van der Waals surface area contributed by atoms with Crippen molar-refractivity contribution in [1.29, 1.82) is 0 Å². The van der Waals surface area contributed by atoms with E-state index in [1.54, 1.807) is 0 Å². The van der Waals surface area contributed by atoms with Gasteiger partial charge in [-0.15, -0.1) is 0 Å². The number of hydrogen-bond donors (Lipinski definition) is 6. The van der Waals surface area contributed by atoms with E-state index in [1.807, 2.05) is 24.3 Å². The number of rotatable bonds is 4. The van der Waals surface area contributed by atoms with Crippen molar-refractivity contribution in [2.24, 2.45) is 0 Å². The molecule has 1 aromatic rings. The summed E-state index contributed by atoms with van der Waals surface area (Å²) in [4.78, 5) is 0.999. The van der Waals surface area contributed by atoms with Crippen molar-refractivity contribution in [2.45, 2.75) is 56.5 Å². The molecule has 0 aliphatic carbocycles. The topological polar surface area (TPSA) is 125 Å². The summed E-state index contributed by atoms with van der Waals surface area (Å²) in [5.41, 5.74) is -1.52. The smallest absolute Gasteiger partial charge is 0.173 e. The lowest BCUT2D eigenvalue weighted by Crippen LogP contribution is -2.74. The summed E-state index contributed by atoms with van der Waals surface area (Å²) in [6.07, 6.45) is -6.87. The molecule has 1 aliphatic heterocycles. The van der Waals surface area contributed by atoms with Crippen molar-refractivity contribution >= 4 is 13.3 Å². The standard InChI is InChI=1S/C16H27NO6Si/c1-24(2,3)11-6-4-10(5-7-11)8-17-15(22)13(20)12(19)14(21)16(17,23)9-18/h4-7,12-15,18-23H,8-9H2,1-3H3/t12-,13-,14+,15?,16-/m1/s1. The third kappa shape index (κ3) is 3.42. The summed E-state index contributed by atoms with van der Waals surface area (Å²) in [6, 6.07) is 7.67. The van der Waals surface area contributed by atoms with Gasteiger partial charge in [0.1, 0.15) is 24.5 Å². The third-order valence-corrected chi connectivity index (χ3v) is 6.74. The van der Waals surface area contributed by atoms with E-state index in [9.17, 15) is 30.6 Å². The normalized spacial score (nSPS) is 35.2. The SMILES string of the molecule is C[Si](C)(C)c1ccc(CN2C(O)[C@H](O)[C@@H](O)[C@H](O)[C@]2(O)CO)cc1. The van der Waals surface area contributed by atoms with Crippen molar-refractivity contribution in [3.63, 3.8) is 0 Å². The minimum Gasteiger partial charge on any atom is -0.392 e. The van der Waals surface area contributed by atoms with E-state index in [1.165, 1.54) is 5.19 Å². The highest BCUT2D eigenvalue weighted by atomic mass is 28.3. The maximum atomic E-state index is 10.5. The number of benzene rings is 1. The number of aliphatic hydroxyl groups excluding tert-OH is 5. The number of nitrogens with zero attached hydrogens (tertiary/aromatic N) is 1. The van der Waals surface area contributed by atoms with Crippen LogP contribution in [0, 0.1) is 0 Å². The van der Waals surface area contributed by atoms with Gasteiger partial charge in [0.2, 0.25) is 0 Å². The third-order valence-electron chi connectivity index (χ3n) is 4.67. The van der Waals surface area contributed by atoms with Gasteiger partial charge >= 0.3 is 0 Å². The molecule has 24 heavy (non-hydrogen) atoms. The zero-order valence-electron chi connectivity index (χ0n) is 14.2. The highest BCUT2D eigenvalue weighted by molar-refractivity contribution is 6.88. The average Bonchev–Trinajstić information content (AvgIpc) is 2.55. The van der Waals surface area contributed by atoms with E-state index in [0.717, 1.165) is 10.5 Å². The Labute approximate surface area is 142 Å². The van der Waals surface area contributed by atoms with Gasteiger partial charge in [0.15, 0.2) is 5.72 Å². The fraction of sp³-hybridized carbons (Fsp3) is 0.625. The molecule has 136 valence electrons. The zero-order valence-corrected chi connectivity index (χ0v) is 15.2. The Morgan fingerprint density at radius 1 is 1.00 bits per heavy atom. The highest BCUT2D eigenvalue weighted by Gasteiger charge is 2.56. The Balaban J connectivity index is 2.28. The van der Waals surface area contributed by atoms with Gasteiger partial charge in [-0.2, -0.15) is 0 Å². The number of piperidine rings is 1. The van der Waals surface area contributed by atoms with E-state index >= 15 is 0 Å². The average molecular weight is 357 g/mol. The molecule has 5 atom stereocenters. The molecule has 1 aromatic carbocycles. The van der Waals surface area contributed by atoms with Crippen LogP contribution in [0.1, 0.15) is 5.56 Å². The van der Waals surface area contributed by atoms with Crippen molar-refractivity contribution in [2.75, 3.05) is 6.61 Å². The summed E-state index contributed by atoms with van der Waals surface area (Å²) in [6.45, 7) is 5.74. The Kier molecular flexibility index (Phi) is 5.53. The molecular weight excluding hydrogens is 330 g/mol. The fourth-order valence-electron chi connectivity index (χ4n) is 2.94. The van der Waals surface area contributed by atoms with Crippen molar-refractivity contribution in [3.05, 3.63) is 29.8 Å². The lowest BCUT2D eigenvalue weighted by atomic mass is 9.89. The van der Waals surface area contributed by atoms with Gasteiger partial charge in [0, 0.05) is 6.54 Å². The predicted molar refractivity (Wildman–Crippen MR) is 91.0 cm³/mol. The van der Waals surface area contributed by atoms with Crippen LogP contribution in [0.2, 0.25) is 19.6 Å². The minimum atomic E-state index is -2.25. The second-order valence-corrected chi connectivity index (χ2v) is 12.5. The van der Waals surface area contributed by atoms with Crippen LogP contribution in [0.5, 0.6) is 0 Å². The summed E-state index contributed by atoms with van der Waals surface area (Å²) in [5.74, 6) is 0. The molecule has 7 nitrogen and oxygen atoms in total. The van der Waals surface area contributed by atoms with E-state index in [0.29, 0.717) is 0 Å². The minimum absolute atomic E-state index is 0.00888. The van der Waals surface area contributed by atoms with Gasteiger partial charge in [0.05, 0.1) is 14.7 Å². The molecule has 0 spiro atoms. The summed E-state index contributed by atoms with van der Waals surface area (Å²) < 4.78 is 0. The van der Waals surface area contributed by atoms with Gasteiger partial charge in [-0.1, -0.05) is 49.1 Å². The van der Waals surface area contributed by atoms with Crippen LogP contribution >= 0.6 is 0 Å². The molecule has 1 fully saturated rings. The number of likely N-dealkylation sites (tertiary alicyclic amines) is 1. The van der Waals surface area contributed by atoms with Gasteiger partial charge in [0.25, 0.3) is 0 Å². The van der Waals surface area contributed by atoms with Gasteiger partial charge < -0.3 is 30.6 Å². The molecule has 0 radical (unpaired) electrons. The molecule has 6 N–H and O–H groups in total. The summed E-state index contributed by atoms with van der Waals surface area (Å²) in [7, 11) is -1.45. The zero-order chi connectivity index (χ0) is 18.3. The monoisotopic (exact) mass is 357 g/mol. The van der Waals surface area contributed by atoms with Gasteiger partial charge in [-0.05, 0) is 5.56 Å². The predicted octanol–water partition coefficient (Wildman–Crippen LogP) is -1.87. The molecule has 0 saturated carbocycles. The Hall–Kier alpha value is -0.843. The van der Waals surface area contributed by atoms with Crippen LogP contribution < -0.4 is 5.19 Å². The first-order chi connectivity index (χ1) is 11.0. The molecule has 0 amide bonds. The van der Waals surface area contributed by atoms with Crippen molar-refractivity contribution in [1.82, 2.24) is 4.90 Å². The van der Waals surface area contributed by atoms with E-state index in [-0.39, 0.29) is 6.54 Å². The van der Waals surface area contributed by atoms with Crippen LogP contribution in [-0.4, -0.2) is 80.5 Å². The summed E-state index contributed by atoms with van der Waals surface area (Å²) >= 11 is 0. The van der Waals surface area contributed by atoms with Crippen LogP contribution in [-0.2, 0) is 6.54 Å². The second-order valence-electron chi connectivity index (χ2n) is 7.45. The largest absolute Gasteiger partial charge is 0.392 e. The molecule has 8 heteroatoms. The van der Waals surface area contributed by atoms with Crippen LogP contribution in [0.15, 0.2) is 24.3 Å². The van der Waals surface area contributed by atoms with Crippen LogP contribution in [0.25, 0.3) is 0 Å². The fourth-order valence-corrected chi connectivity index (χ4v) is 4.11. The maximum Gasteiger partial charge on any atom is 0.173 e. The molecule has 1 aliphatic rings. The Morgan fingerprint density at radius 3 is 2.00 bits per heavy atom. The van der Waals surface area contributed by atoms with Gasteiger partial charge in [-0.3, -0.25) is 0 Å². The number of hydrogen-bond acceptors (Lipinski definition) is 7. The lowest BCUT2D eigenvalue weighted by Gasteiger charge is -2.51. The molecule has 1 saturated heterocycles. The molecular formula is C16H27NO6Si. The maximum absolute atomic E-state index is 10.5. The Bertz CT molecular complexity index is 563. The second kappa shape index (κ2) is 6.81. The first-order valence-corrected chi connectivity index (χ1v) is 11.4. The first-order valence-electron chi connectivity index (χ1n) is 7.94.